The van der Waals surface area contributed by atoms with Crippen LogP contribution in [0.3, 0.4) is 0 Å². The van der Waals surface area contributed by atoms with E-state index in [4.69, 9.17) is 0 Å². The summed E-state index contributed by atoms with van der Waals surface area (Å²) in [5.74, 6) is 4.65. The molecule has 0 bridgehead atoms. The van der Waals surface area contributed by atoms with Crippen LogP contribution in [0.25, 0.3) is 0 Å². The highest BCUT2D eigenvalue weighted by Gasteiger charge is 2.23. The van der Waals surface area contributed by atoms with Gasteiger partial charge in [-0.2, -0.15) is 0 Å². The van der Waals surface area contributed by atoms with E-state index in [1.165, 1.54) is 50.0 Å². The van der Waals surface area contributed by atoms with Gasteiger partial charge >= 0.3 is 0 Å². The maximum Gasteiger partial charge on any atom is 0.00103 e. The first-order chi connectivity index (χ1) is 12.3. The third kappa shape index (κ3) is 6.41. The molecule has 1 nitrogen and oxygen atoms in total. The molecular formula is C25H43N. The number of hydrogen-bond donors (Lipinski definition) is 0. The number of benzene rings is 1. The number of piperidine rings is 1. The van der Waals surface area contributed by atoms with Crippen molar-refractivity contribution in [2.75, 3.05) is 19.6 Å². The monoisotopic (exact) mass is 357 g/mol. The van der Waals surface area contributed by atoms with E-state index in [1.807, 2.05) is 0 Å². The molecule has 1 saturated heterocycles. The summed E-state index contributed by atoms with van der Waals surface area (Å²) in [7, 11) is 0. The zero-order chi connectivity index (χ0) is 19.3. The van der Waals surface area contributed by atoms with E-state index in [0.29, 0.717) is 11.8 Å². The van der Waals surface area contributed by atoms with Gasteiger partial charge < -0.3 is 4.90 Å². The van der Waals surface area contributed by atoms with Crippen molar-refractivity contribution in [3.8, 4) is 0 Å². The lowest BCUT2D eigenvalue weighted by Crippen LogP contribution is -2.40. The maximum absolute atomic E-state index is 2.70. The Labute approximate surface area is 163 Å². The van der Waals surface area contributed by atoms with Gasteiger partial charge in [-0.3, -0.25) is 0 Å². The molecule has 26 heavy (non-hydrogen) atoms. The van der Waals surface area contributed by atoms with E-state index in [1.54, 1.807) is 0 Å². The summed E-state index contributed by atoms with van der Waals surface area (Å²) < 4.78 is 0. The highest BCUT2D eigenvalue weighted by molar-refractivity contribution is 5.26. The highest BCUT2D eigenvalue weighted by Crippen LogP contribution is 2.31. The predicted molar refractivity (Wildman–Crippen MR) is 116 cm³/mol. The Balaban J connectivity index is 1.89. The van der Waals surface area contributed by atoms with Gasteiger partial charge in [0.1, 0.15) is 0 Å². The lowest BCUT2D eigenvalue weighted by atomic mass is 9.82. The summed E-state index contributed by atoms with van der Waals surface area (Å²) in [5, 5.41) is 0. The molecule has 4 atom stereocenters. The molecule has 1 aliphatic rings. The number of hydrogen-bond acceptors (Lipinski definition) is 1. The van der Waals surface area contributed by atoms with Gasteiger partial charge in [0, 0.05) is 13.1 Å². The van der Waals surface area contributed by atoms with Crippen LogP contribution in [0.2, 0.25) is 0 Å². The van der Waals surface area contributed by atoms with Crippen LogP contribution in [0.1, 0.15) is 78.4 Å². The molecule has 1 fully saturated rings. The summed E-state index contributed by atoms with van der Waals surface area (Å²) in [5.41, 5.74) is 3.04. The Kier molecular flexibility index (Phi) is 8.20. The minimum absolute atomic E-state index is 0.693. The number of nitrogens with zero attached hydrogens (tertiary/aromatic N) is 1. The molecule has 0 amide bonds. The number of likely N-dealkylation sites (tertiary alicyclic amines) is 1. The third-order valence-electron chi connectivity index (χ3n) is 6.51. The van der Waals surface area contributed by atoms with Gasteiger partial charge in [0.25, 0.3) is 0 Å². The minimum atomic E-state index is 0.693. The Morgan fingerprint density at radius 3 is 2.15 bits per heavy atom. The Morgan fingerprint density at radius 2 is 1.62 bits per heavy atom. The minimum Gasteiger partial charge on any atom is -0.303 e. The standard InChI is InChI=1S/C25H43N/c1-18(2)14-25(19(3)4)24-10-8-23(9-11-24)15-20(5)16-26-13-12-21(6)22(7)17-26/h8-11,18-22,25H,12-17H2,1-7H3. The molecule has 1 aromatic carbocycles. The lowest BCUT2D eigenvalue weighted by molar-refractivity contribution is 0.123. The van der Waals surface area contributed by atoms with Gasteiger partial charge in [-0.1, -0.05) is 72.7 Å². The second kappa shape index (κ2) is 9.93. The Bertz CT molecular complexity index is 515. The molecule has 0 aliphatic carbocycles. The van der Waals surface area contributed by atoms with E-state index < -0.39 is 0 Å². The molecule has 0 aromatic heterocycles. The van der Waals surface area contributed by atoms with Crippen LogP contribution in [0.15, 0.2) is 24.3 Å². The zero-order valence-electron chi connectivity index (χ0n) is 18.5. The fourth-order valence-corrected chi connectivity index (χ4v) is 4.62. The van der Waals surface area contributed by atoms with Crippen molar-refractivity contribution in [2.45, 2.75) is 73.6 Å². The smallest absolute Gasteiger partial charge is 0.00103 e. The van der Waals surface area contributed by atoms with Gasteiger partial charge in [-0.05, 0) is 72.4 Å². The predicted octanol–water partition coefficient (Wildman–Crippen LogP) is 6.63. The van der Waals surface area contributed by atoms with Crippen molar-refractivity contribution in [1.82, 2.24) is 4.90 Å². The van der Waals surface area contributed by atoms with E-state index >= 15 is 0 Å². The molecule has 2 rings (SSSR count). The normalized spacial score (nSPS) is 24.2. The fourth-order valence-electron chi connectivity index (χ4n) is 4.62. The fraction of sp³-hybridized carbons (Fsp3) is 0.760. The van der Waals surface area contributed by atoms with E-state index in [-0.39, 0.29) is 0 Å². The summed E-state index contributed by atoms with van der Waals surface area (Å²) in [6, 6.07) is 9.59. The van der Waals surface area contributed by atoms with Gasteiger partial charge in [-0.15, -0.1) is 0 Å². The SMILES string of the molecule is CC(C)CC(c1ccc(CC(C)CN2CCC(C)C(C)C2)cc1)C(C)C. The van der Waals surface area contributed by atoms with Crippen molar-refractivity contribution in [3.63, 3.8) is 0 Å². The van der Waals surface area contributed by atoms with Crippen molar-refractivity contribution in [1.29, 1.82) is 0 Å². The molecule has 0 N–H and O–H groups in total. The van der Waals surface area contributed by atoms with E-state index in [2.05, 4.69) is 77.6 Å². The van der Waals surface area contributed by atoms with Gasteiger partial charge in [0.15, 0.2) is 0 Å². The van der Waals surface area contributed by atoms with E-state index in [9.17, 15) is 0 Å². The first-order valence-corrected chi connectivity index (χ1v) is 11.1. The average molecular weight is 358 g/mol. The van der Waals surface area contributed by atoms with Crippen LogP contribution < -0.4 is 0 Å². The molecule has 0 spiro atoms. The quantitative estimate of drug-likeness (QED) is 0.505. The van der Waals surface area contributed by atoms with Crippen LogP contribution in [-0.4, -0.2) is 24.5 Å². The second-order valence-electron chi connectivity index (χ2n) is 10.0. The van der Waals surface area contributed by atoms with Crippen molar-refractivity contribution >= 4 is 0 Å². The van der Waals surface area contributed by atoms with Crippen LogP contribution in [0, 0.1) is 29.6 Å². The molecule has 1 heteroatoms. The van der Waals surface area contributed by atoms with Gasteiger partial charge in [0.05, 0.1) is 0 Å². The molecule has 0 saturated carbocycles. The van der Waals surface area contributed by atoms with Crippen LogP contribution in [0.4, 0.5) is 0 Å². The summed E-state index contributed by atoms with van der Waals surface area (Å²) >= 11 is 0. The topological polar surface area (TPSA) is 3.24 Å². The third-order valence-corrected chi connectivity index (χ3v) is 6.51. The first kappa shape index (κ1) is 21.5. The second-order valence-corrected chi connectivity index (χ2v) is 10.0. The van der Waals surface area contributed by atoms with Crippen LogP contribution >= 0.6 is 0 Å². The van der Waals surface area contributed by atoms with Crippen molar-refractivity contribution in [3.05, 3.63) is 35.4 Å². The molecule has 1 aliphatic heterocycles. The molecule has 4 unspecified atom stereocenters. The first-order valence-electron chi connectivity index (χ1n) is 11.1. The molecule has 1 heterocycles. The van der Waals surface area contributed by atoms with E-state index in [0.717, 1.165) is 23.7 Å². The Hall–Kier alpha value is -0.820. The highest BCUT2D eigenvalue weighted by atomic mass is 15.1. The molecular weight excluding hydrogens is 314 g/mol. The van der Waals surface area contributed by atoms with Crippen molar-refractivity contribution in [2.24, 2.45) is 29.6 Å². The van der Waals surface area contributed by atoms with Gasteiger partial charge in [-0.25, -0.2) is 0 Å². The average Bonchev–Trinajstić information content (AvgIpc) is 2.56. The van der Waals surface area contributed by atoms with Crippen molar-refractivity contribution < 1.29 is 0 Å². The lowest BCUT2D eigenvalue weighted by Gasteiger charge is -2.36. The maximum atomic E-state index is 2.70. The summed E-state index contributed by atoms with van der Waals surface area (Å²) in [6.07, 6.45) is 3.87. The Morgan fingerprint density at radius 1 is 0.962 bits per heavy atom. The molecule has 1 aromatic rings. The summed E-state index contributed by atoms with van der Waals surface area (Å²) in [4.78, 5) is 2.70. The van der Waals surface area contributed by atoms with Crippen LogP contribution in [-0.2, 0) is 6.42 Å². The largest absolute Gasteiger partial charge is 0.303 e. The van der Waals surface area contributed by atoms with Gasteiger partial charge in [0.2, 0.25) is 0 Å². The summed E-state index contributed by atoms with van der Waals surface area (Å²) in [6.45, 7) is 20.5. The molecule has 0 radical (unpaired) electrons. The zero-order valence-corrected chi connectivity index (χ0v) is 18.5. The number of rotatable bonds is 8. The molecule has 148 valence electrons. The van der Waals surface area contributed by atoms with Crippen LogP contribution in [0.5, 0.6) is 0 Å².